The van der Waals surface area contributed by atoms with Crippen molar-refractivity contribution in [3.8, 4) is 0 Å². The molecule has 0 spiro atoms. The van der Waals surface area contributed by atoms with Crippen LogP contribution in [0.15, 0.2) is 48.5 Å². The van der Waals surface area contributed by atoms with Gasteiger partial charge in [0.05, 0.1) is 17.1 Å². The van der Waals surface area contributed by atoms with Crippen molar-refractivity contribution in [2.24, 2.45) is 0 Å². The summed E-state index contributed by atoms with van der Waals surface area (Å²) in [5.41, 5.74) is 3.56. The van der Waals surface area contributed by atoms with Crippen molar-refractivity contribution in [1.82, 2.24) is 15.3 Å². The predicted molar refractivity (Wildman–Crippen MR) is 110 cm³/mol. The molecule has 2 N–H and O–H groups in total. The van der Waals surface area contributed by atoms with Gasteiger partial charge in [-0.05, 0) is 48.8 Å². The fourth-order valence-electron chi connectivity index (χ4n) is 2.82. The SMILES string of the molecule is CSCCC(NC(=O)c1cccc(N(C)C)c1)c1nc2ccccc2[nH]1. The molecule has 0 aliphatic carbocycles. The first-order valence-corrected chi connectivity index (χ1v) is 9.99. The van der Waals surface area contributed by atoms with E-state index in [4.69, 9.17) is 0 Å². The lowest BCUT2D eigenvalue weighted by Gasteiger charge is -2.18. The number of nitrogens with one attached hydrogen (secondary N) is 2. The van der Waals surface area contributed by atoms with E-state index in [1.807, 2.05) is 67.5 Å². The van der Waals surface area contributed by atoms with E-state index < -0.39 is 0 Å². The van der Waals surface area contributed by atoms with Gasteiger partial charge in [0.1, 0.15) is 5.82 Å². The van der Waals surface area contributed by atoms with Gasteiger partial charge in [0, 0.05) is 25.3 Å². The largest absolute Gasteiger partial charge is 0.378 e. The van der Waals surface area contributed by atoms with Crippen molar-refractivity contribution in [2.45, 2.75) is 12.5 Å². The zero-order valence-corrected chi connectivity index (χ0v) is 16.1. The zero-order chi connectivity index (χ0) is 18.5. The molecule has 3 aromatic rings. The first-order valence-electron chi connectivity index (χ1n) is 8.60. The Morgan fingerprint density at radius 2 is 2.04 bits per heavy atom. The highest BCUT2D eigenvalue weighted by Gasteiger charge is 2.19. The van der Waals surface area contributed by atoms with Gasteiger partial charge in [0.25, 0.3) is 5.91 Å². The van der Waals surface area contributed by atoms with Crippen molar-refractivity contribution < 1.29 is 4.79 Å². The van der Waals surface area contributed by atoms with Crippen LogP contribution in [-0.2, 0) is 0 Å². The highest BCUT2D eigenvalue weighted by molar-refractivity contribution is 7.98. The van der Waals surface area contributed by atoms with Crippen LogP contribution < -0.4 is 10.2 Å². The summed E-state index contributed by atoms with van der Waals surface area (Å²) in [5.74, 6) is 1.66. The molecule has 1 aromatic heterocycles. The third-order valence-corrected chi connectivity index (χ3v) is 4.92. The first kappa shape index (κ1) is 18.3. The van der Waals surface area contributed by atoms with Crippen molar-refractivity contribution in [3.63, 3.8) is 0 Å². The molecular weight excluding hydrogens is 344 g/mol. The van der Waals surface area contributed by atoms with E-state index in [1.165, 1.54) is 0 Å². The summed E-state index contributed by atoms with van der Waals surface area (Å²) >= 11 is 1.76. The van der Waals surface area contributed by atoms with Crippen LogP contribution in [0.5, 0.6) is 0 Å². The second-order valence-electron chi connectivity index (χ2n) is 6.39. The number of amides is 1. The summed E-state index contributed by atoms with van der Waals surface area (Å²) in [6.07, 6.45) is 2.89. The third kappa shape index (κ3) is 4.19. The van der Waals surface area contributed by atoms with Gasteiger partial charge in [0.2, 0.25) is 0 Å². The summed E-state index contributed by atoms with van der Waals surface area (Å²) in [6, 6.07) is 15.4. The number of anilines is 1. The summed E-state index contributed by atoms with van der Waals surface area (Å²) in [7, 11) is 3.93. The molecule has 0 saturated heterocycles. The maximum atomic E-state index is 12.8. The summed E-state index contributed by atoms with van der Waals surface area (Å²) < 4.78 is 0. The Labute approximate surface area is 158 Å². The van der Waals surface area contributed by atoms with Crippen LogP contribution in [0, 0.1) is 0 Å². The maximum absolute atomic E-state index is 12.8. The van der Waals surface area contributed by atoms with Crippen molar-refractivity contribution in [1.29, 1.82) is 0 Å². The molecule has 0 aliphatic rings. The molecule has 26 heavy (non-hydrogen) atoms. The Kier molecular flexibility index (Phi) is 5.83. The molecule has 2 aromatic carbocycles. The van der Waals surface area contributed by atoms with E-state index in [-0.39, 0.29) is 11.9 Å². The number of para-hydroxylation sites is 2. The quantitative estimate of drug-likeness (QED) is 0.665. The van der Waals surface area contributed by atoms with E-state index in [2.05, 4.69) is 21.5 Å². The van der Waals surface area contributed by atoms with Crippen LogP contribution in [0.25, 0.3) is 11.0 Å². The van der Waals surface area contributed by atoms with Gasteiger partial charge in [-0.25, -0.2) is 4.98 Å². The number of H-pyrrole nitrogens is 1. The maximum Gasteiger partial charge on any atom is 0.251 e. The fourth-order valence-corrected chi connectivity index (χ4v) is 3.29. The lowest BCUT2D eigenvalue weighted by Crippen LogP contribution is -2.30. The molecule has 0 aliphatic heterocycles. The van der Waals surface area contributed by atoms with E-state index in [1.54, 1.807) is 11.8 Å². The summed E-state index contributed by atoms with van der Waals surface area (Å²) in [5, 5.41) is 3.15. The lowest BCUT2D eigenvalue weighted by molar-refractivity contribution is 0.0934. The number of hydrogen-bond donors (Lipinski definition) is 2. The number of hydrogen-bond acceptors (Lipinski definition) is 4. The molecule has 5 nitrogen and oxygen atoms in total. The highest BCUT2D eigenvalue weighted by Crippen LogP contribution is 2.21. The van der Waals surface area contributed by atoms with Crippen LogP contribution in [-0.4, -0.2) is 42.0 Å². The van der Waals surface area contributed by atoms with Gasteiger partial charge in [-0.3, -0.25) is 4.79 Å². The number of aromatic amines is 1. The number of thioether (sulfide) groups is 1. The minimum absolute atomic E-state index is 0.0831. The Bertz CT molecular complexity index is 857. The van der Waals surface area contributed by atoms with Crippen molar-refractivity contribution in [2.75, 3.05) is 31.0 Å². The normalized spacial score (nSPS) is 12.1. The third-order valence-electron chi connectivity index (χ3n) is 4.28. The Morgan fingerprint density at radius 1 is 1.23 bits per heavy atom. The molecule has 6 heteroatoms. The standard InChI is InChI=1S/C20H24N4OS/c1-24(2)15-8-6-7-14(13-15)20(25)23-18(11-12-26-3)19-21-16-9-4-5-10-17(16)22-19/h4-10,13,18H,11-12H2,1-3H3,(H,21,22)(H,23,25). The molecule has 0 radical (unpaired) electrons. The molecule has 3 rings (SSSR count). The number of aromatic nitrogens is 2. The molecule has 136 valence electrons. The van der Waals surface area contributed by atoms with Crippen LogP contribution in [0.4, 0.5) is 5.69 Å². The number of carbonyl (C=O) groups excluding carboxylic acids is 1. The van der Waals surface area contributed by atoms with Crippen molar-refractivity contribution in [3.05, 3.63) is 59.9 Å². The average molecular weight is 369 g/mol. The fraction of sp³-hybridized carbons (Fsp3) is 0.300. The molecule has 0 fully saturated rings. The number of carbonyl (C=O) groups is 1. The predicted octanol–water partition coefficient (Wildman–Crippen LogP) is 3.85. The van der Waals surface area contributed by atoms with Gasteiger partial charge in [0.15, 0.2) is 0 Å². The lowest BCUT2D eigenvalue weighted by atomic mass is 10.1. The Balaban J connectivity index is 1.83. The number of fused-ring (bicyclic) bond motifs is 1. The minimum atomic E-state index is -0.148. The molecule has 1 unspecified atom stereocenters. The smallest absolute Gasteiger partial charge is 0.251 e. The second kappa shape index (κ2) is 8.27. The van der Waals surface area contributed by atoms with Crippen LogP contribution in [0.1, 0.15) is 28.6 Å². The number of nitrogens with zero attached hydrogens (tertiary/aromatic N) is 2. The topological polar surface area (TPSA) is 61.0 Å². The first-order chi connectivity index (χ1) is 12.6. The van der Waals surface area contributed by atoms with Crippen LogP contribution >= 0.6 is 11.8 Å². The molecule has 1 heterocycles. The second-order valence-corrected chi connectivity index (χ2v) is 7.38. The van der Waals surface area contributed by atoms with E-state index in [0.29, 0.717) is 5.56 Å². The van der Waals surface area contributed by atoms with E-state index in [0.717, 1.165) is 34.7 Å². The van der Waals surface area contributed by atoms with Gasteiger partial charge in [-0.2, -0.15) is 11.8 Å². The number of benzene rings is 2. The van der Waals surface area contributed by atoms with E-state index in [9.17, 15) is 4.79 Å². The Hall–Kier alpha value is -2.47. The Morgan fingerprint density at radius 3 is 2.77 bits per heavy atom. The molecule has 0 bridgehead atoms. The van der Waals surface area contributed by atoms with Gasteiger partial charge < -0.3 is 15.2 Å². The summed E-state index contributed by atoms with van der Waals surface area (Å²) in [4.78, 5) is 22.8. The van der Waals surface area contributed by atoms with Gasteiger partial charge in [-0.1, -0.05) is 18.2 Å². The number of rotatable bonds is 7. The van der Waals surface area contributed by atoms with Crippen LogP contribution in [0.2, 0.25) is 0 Å². The van der Waals surface area contributed by atoms with E-state index >= 15 is 0 Å². The molecule has 1 atom stereocenters. The average Bonchev–Trinajstić information content (AvgIpc) is 3.09. The molecule has 0 saturated carbocycles. The monoisotopic (exact) mass is 368 g/mol. The zero-order valence-electron chi connectivity index (χ0n) is 15.3. The minimum Gasteiger partial charge on any atom is -0.378 e. The van der Waals surface area contributed by atoms with Crippen molar-refractivity contribution >= 4 is 34.4 Å². The molecule has 1 amide bonds. The van der Waals surface area contributed by atoms with Gasteiger partial charge in [-0.15, -0.1) is 0 Å². The molecular formula is C20H24N4OS. The van der Waals surface area contributed by atoms with Gasteiger partial charge >= 0.3 is 0 Å². The van der Waals surface area contributed by atoms with Crippen LogP contribution in [0.3, 0.4) is 0 Å². The summed E-state index contributed by atoms with van der Waals surface area (Å²) in [6.45, 7) is 0. The number of imidazole rings is 1. The highest BCUT2D eigenvalue weighted by atomic mass is 32.2.